The van der Waals surface area contributed by atoms with Crippen LogP contribution in [0.25, 0.3) is 0 Å². The van der Waals surface area contributed by atoms with Crippen LogP contribution in [0.1, 0.15) is 23.9 Å². The van der Waals surface area contributed by atoms with Crippen LogP contribution in [0.2, 0.25) is 0 Å². The second-order valence-corrected chi connectivity index (χ2v) is 4.30. The summed E-state index contributed by atoms with van der Waals surface area (Å²) in [5.41, 5.74) is 2.19. The Morgan fingerprint density at radius 2 is 2.15 bits per heavy atom. The zero-order valence-electron chi connectivity index (χ0n) is 12.0. The van der Waals surface area contributed by atoms with Crippen molar-refractivity contribution in [3.8, 4) is 5.75 Å². The molecule has 0 saturated heterocycles. The molecule has 20 heavy (non-hydrogen) atoms. The standard InChI is InChI=1S/C14H19N3O3/c1-4-19-9-13-16-17-14(20-13)15-8-11-6-5-10(2)12(7-11)18-3/h5-7H,4,8-9H2,1-3H3,(H,15,17). The molecule has 6 nitrogen and oxygen atoms in total. The Bertz CT molecular complexity index is 554. The maximum Gasteiger partial charge on any atom is 0.315 e. The van der Waals surface area contributed by atoms with Gasteiger partial charge in [0.1, 0.15) is 12.4 Å². The fraction of sp³-hybridized carbons (Fsp3) is 0.429. The molecule has 0 spiro atoms. The van der Waals surface area contributed by atoms with E-state index in [1.54, 1.807) is 7.11 Å². The molecular weight excluding hydrogens is 258 g/mol. The number of aryl methyl sites for hydroxylation is 1. The Morgan fingerprint density at radius 3 is 2.90 bits per heavy atom. The van der Waals surface area contributed by atoms with Gasteiger partial charge in [0.2, 0.25) is 5.89 Å². The number of nitrogens with zero attached hydrogens (tertiary/aromatic N) is 2. The molecule has 0 aliphatic rings. The number of ether oxygens (including phenoxy) is 2. The second-order valence-electron chi connectivity index (χ2n) is 4.30. The van der Waals surface area contributed by atoms with E-state index in [0.717, 1.165) is 16.9 Å². The number of aromatic nitrogens is 2. The highest BCUT2D eigenvalue weighted by Gasteiger charge is 2.06. The first kappa shape index (κ1) is 14.3. The Balaban J connectivity index is 1.93. The quantitative estimate of drug-likeness (QED) is 0.838. The van der Waals surface area contributed by atoms with E-state index >= 15 is 0 Å². The van der Waals surface area contributed by atoms with Gasteiger partial charge < -0.3 is 19.2 Å². The van der Waals surface area contributed by atoms with Crippen LogP contribution in [0, 0.1) is 6.92 Å². The lowest BCUT2D eigenvalue weighted by molar-refractivity contribution is 0.115. The van der Waals surface area contributed by atoms with E-state index in [-0.39, 0.29) is 0 Å². The third-order valence-corrected chi connectivity index (χ3v) is 2.81. The fourth-order valence-corrected chi connectivity index (χ4v) is 1.72. The molecule has 0 amide bonds. The van der Waals surface area contributed by atoms with Crippen molar-refractivity contribution < 1.29 is 13.9 Å². The molecule has 0 saturated carbocycles. The lowest BCUT2D eigenvalue weighted by Gasteiger charge is -2.07. The van der Waals surface area contributed by atoms with Gasteiger partial charge in [0.15, 0.2) is 0 Å². The van der Waals surface area contributed by atoms with E-state index in [1.807, 2.05) is 32.0 Å². The van der Waals surface area contributed by atoms with Gasteiger partial charge in [0.05, 0.1) is 7.11 Å². The predicted octanol–water partition coefficient (Wildman–Crippen LogP) is 2.54. The Morgan fingerprint density at radius 1 is 1.30 bits per heavy atom. The molecule has 0 aliphatic carbocycles. The summed E-state index contributed by atoms with van der Waals surface area (Å²) in [4.78, 5) is 0. The van der Waals surface area contributed by atoms with Crippen LogP contribution in [-0.4, -0.2) is 23.9 Å². The number of nitrogens with one attached hydrogen (secondary N) is 1. The van der Waals surface area contributed by atoms with E-state index in [9.17, 15) is 0 Å². The van der Waals surface area contributed by atoms with Crippen molar-refractivity contribution in [3.05, 3.63) is 35.2 Å². The van der Waals surface area contributed by atoms with Gasteiger partial charge >= 0.3 is 6.01 Å². The number of benzene rings is 1. The SMILES string of the molecule is CCOCc1nnc(NCc2ccc(C)c(OC)c2)o1. The summed E-state index contributed by atoms with van der Waals surface area (Å²) in [5.74, 6) is 1.34. The van der Waals surface area contributed by atoms with Gasteiger partial charge in [-0.1, -0.05) is 17.2 Å². The average Bonchev–Trinajstić information content (AvgIpc) is 2.92. The number of anilines is 1. The number of methoxy groups -OCH3 is 1. The van der Waals surface area contributed by atoms with E-state index < -0.39 is 0 Å². The van der Waals surface area contributed by atoms with Crippen molar-refractivity contribution in [1.29, 1.82) is 0 Å². The van der Waals surface area contributed by atoms with Crippen LogP contribution in [-0.2, 0) is 17.9 Å². The molecule has 0 fully saturated rings. The lowest BCUT2D eigenvalue weighted by Crippen LogP contribution is -2.00. The first-order valence-corrected chi connectivity index (χ1v) is 6.50. The number of hydrogen-bond acceptors (Lipinski definition) is 6. The minimum absolute atomic E-state index is 0.337. The molecule has 0 aliphatic heterocycles. The number of hydrogen-bond donors (Lipinski definition) is 1. The summed E-state index contributed by atoms with van der Waals surface area (Å²) in [6.45, 7) is 5.47. The van der Waals surface area contributed by atoms with Crippen LogP contribution in [0.15, 0.2) is 22.6 Å². The van der Waals surface area contributed by atoms with Crippen molar-refractivity contribution in [3.63, 3.8) is 0 Å². The third kappa shape index (κ3) is 3.71. The fourth-order valence-electron chi connectivity index (χ4n) is 1.72. The largest absolute Gasteiger partial charge is 0.496 e. The van der Waals surface area contributed by atoms with Crippen molar-refractivity contribution >= 4 is 6.01 Å². The molecule has 2 rings (SSSR count). The first-order valence-electron chi connectivity index (χ1n) is 6.50. The van der Waals surface area contributed by atoms with Crippen molar-refractivity contribution in [2.45, 2.75) is 27.0 Å². The minimum atomic E-state index is 0.337. The molecule has 1 heterocycles. The Labute approximate surface area is 118 Å². The second kappa shape index (κ2) is 6.91. The molecule has 1 N–H and O–H groups in total. The summed E-state index contributed by atoms with van der Waals surface area (Å²) in [5, 5.41) is 10.9. The molecule has 108 valence electrons. The van der Waals surface area contributed by atoms with Gasteiger partial charge in [-0.05, 0) is 31.0 Å². The zero-order valence-corrected chi connectivity index (χ0v) is 12.0. The molecule has 0 unspecified atom stereocenters. The Kier molecular flexibility index (Phi) is 4.95. The van der Waals surface area contributed by atoms with E-state index in [4.69, 9.17) is 13.9 Å². The molecular formula is C14H19N3O3. The minimum Gasteiger partial charge on any atom is -0.496 e. The summed E-state index contributed by atoms with van der Waals surface area (Å²) in [6.07, 6.45) is 0. The van der Waals surface area contributed by atoms with Gasteiger partial charge in [-0.2, -0.15) is 0 Å². The van der Waals surface area contributed by atoms with Crippen molar-refractivity contribution in [2.75, 3.05) is 19.0 Å². The summed E-state index contributed by atoms with van der Waals surface area (Å²) in [7, 11) is 1.66. The van der Waals surface area contributed by atoms with E-state index in [2.05, 4.69) is 15.5 Å². The van der Waals surface area contributed by atoms with Crippen LogP contribution < -0.4 is 10.1 Å². The number of rotatable bonds is 7. The van der Waals surface area contributed by atoms with Gasteiger partial charge in [0, 0.05) is 13.2 Å². The highest BCUT2D eigenvalue weighted by molar-refractivity contribution is 5.37. The average molecular weight is 277 g/mol. The molecule has 1 aromatic carbocycles. The van der Waals surface area contributed by atoms with Gasteiger partial charge in [-0.15, -0.1) is 5.10 Å². The van der Waals surface area contributed by atoms with Crippen molar-refractivity contribution in [1.82, 2.24) is 10.2 Å². The normalized spacial score (nSPS) is 10.6. The monoisotopic (exact) mass is 277 g/mol. The summed E-state index contributed by atoms with van der Waals surface area (Å²) in [6, 6.07) is 6.42. The highest BCUT2D eigenvalue weighted by atomic mass is 16.5. The van der Waals surface area contributed by atoms with Crippen molar-refractivity contribution in [2.24, 2.45) is 0 Å². The van der Waals surface area contributed by atoms with Crippen LogP contribution in [0.5, 0.6) is 5.75 Å². The van der Waals surface area contributed by atoms with E-state index in [0.29, 0.717) is 31.7 Å². The van der Waals surface area contributed by atoms with Gasteiger partial charge in [-0.3, -0.25) is 0 Å². The summed E-state index contributed by atoms with van der Waals surface area (Å²) < 4.78 is 15.9. The predicted molar refractivity (Wildman–Crippen MR) is 74.7 cm³/mol. The van der Waals surface area contributed by atoms with Crippen LogP contribution in [0.4, 0.5) is 6.01 Å². The third-order valence-electron chi connectivity index (χ3n) is 2.81. The lowest BCUT2D eigenvalue weighted by atomic mass is 10.1. The first-order chi connectivity index (χ1) is 9.72. The molecule has 2 aromatic rings. The van der Waals surface area contributed by atoms with Gasteiger partial charge in [0.25, 0.3) is 0 Å². The molecule has 0 bridgehead atoms. The van der Waals surface area contributed by atoms with Gasteiger partial charge in [-0.25, -0.2) is 0 Å². The smallest absolute Gasteiger partial charge is 0.315 e. The maximum absolute atomic E-state index is 5.40. The van der Waals surface area contributed by atoms with Crippen LogP contribution >= 0.6 is 0 Å². The summed E-state index contributed by atoms with van der Waals surface area (Å²) >= 11 is 0. The Hall–Kier alpha value is -2.08. The molecule has 6 heteroatoms. The zero-order chi connectivity index (χ0) is 14.4. The topological polar surface area (TPSA) is 69.4 Å². The molecule has 1 aromatic heterocycles. The molecule has 0 atom stereocenters. The molecule has 0 radical (unpaired) electrons. The van der Waals surface area contributed by atoms with E-state index in [1.165, 1.54) is 0 Å². The maximum atomic E-state index is 5.40. The highest BCUT2D eigenvalue weighted by Crippen LogP contribution is 2.19. The van der Waals surface area contributed by atoms with Crippen LogP contribution in [0.3, 0.4) is 0 Å².